The number of piperazine rings is 1. The van der Waals surface area contributed by atoms with Gasteiger partial charge in [0, 0.05) is 17.6 Å². The summed E-state index contributed by atoms with van der Waals surface area (Å²) in [6, 6.07) is 11.7. The topological polar surface area (TPSA) is 58.6 Å². The van der Waals surface area contributed by atoms with E-state index in [9.17, 15) is 9.59 Å². The van der Waals surface area contributed by atoms with E-state index in [4.69, 9.17) is 4.74 Å². The van der Waals surface area contributed by atoms with Crippen LogP contribution in [0.2, 0.25) is 0 Å². The van der Waals surface area contributed by atoms with E-state index >= 15 is 0 Å². The standard InChI is InChI=1S/C16H15BrN2O3/c17-13-3-1-12-8-14(4-2-11(12)7-13)22-10-16(21)19-6-5-18-15(20)9-19/h1-4,7-8H,5-6,9-10H2,(H,18,20). The lowest BCUT2D eigenvalue weighted by molar-refractivity contribution is -0.139. The van der Waals surface area contributed by atoms with E-state index in [-0.39, 0.29) is 25.0 Å². The Morgan fingerprint density at radius 2 is 2.00 bits per heavy atom. The van der Waals surface area contributed by atoms with E-state index in [1.54, 1.807) is 0 Å². The summed E-state index contributed by atoms with van der Waals surface area (Å²) in [6.45, 7) is 1.07. The van der Waals surface area contributed by atoms with Crippen molar-refractivity contribution in [1.82, 2.24) is 10.2 Å². The molecule has 1 fully saturated rings. The third-order valence-electron chi connectivity index (χ3n) is 3.53. The van der Waals surface area contributed by atoms with Crippen LogP contribution in [0, 0.1) is 0 Å². The normalized spacial score (nSPS) is 14.8. The van der Waals surface area contributed by atoms with Crippen LogP contribution in [0.1, 0.15) is 0 Å². The van der Waals surface area contributed by atoms with Crippen molar-refractivity contribution in [2.75, 3.05) is 26.2 Å². The zero-order valence-electron chi connectivity index (χ0n) is 11.8. The van der Waals surface area contributed by atoms with Crippen molar-refractivity contribution in [2.45, 2.75) is 0 Å². The van der Waals surface area contributed by atoms with Crippen LogP contribution in [-0.4, -0.2) is 43.0 Å². The first kappa shape index (κ1) is 14.8. The summed E-state index contributed by atoms with van der Waals surface area (Å²) in [6.07, 6.45) is 0. The summed E-state index contributed by atoms with van der Waals surface area (Å²) in [4.78, 5) is 24.8. The molecule has 114 valence electrons. The van der Waals surface area contributed by atoms with E-state index in [1.807, 2.05) is 36.4 Å². The first-order chi connectivity index (χ1) is 10.6. The van der Waals surface area contributed by atoms with Crippen molar-refractivity contribution >= 4 is 38.5 Å². The number of halogens is 1. The fourth-order valence-electron chi connectivity index (χ4n) is 2.37. The number of nitrogens with zero attached hydrogens (tertiary/aromatic N) is 1. The molecule has 1 N–H and O–H groups in total. The first-order valence-corrected chi connectivity index (χ1v) is 7.78. The van der Waals surface area contributed by atoms with Gasteiger partial charge in [-0.1, -0.05) is 28.1 Å². The number of hydrogen-bond donors (Lipinski definition) is 1. The molecule has 0 aliphatic carbocycles. The number of carbonyl (C=O) groups excluding carboxylic acids is 2. The van der Waals surface area contributed by atoms with Gasteiger partial charge in [-0.15, -0.1) is 0 Å². The average molecular weight is 363 g/mol. The Hall–Kier alpha value is -2.08. The van der Waals surface area contributed by atoms with Gasteiger partial charge in [-0.2, -0.15) is 0 Å². The van der Waals surface area contributed by atoms with E-state index in [2.05, 4.69) is 21.2 Å². The Morgan fingerprint density at radius 3 is 2.82 bits per heavy atom. The number of fused-ring (bicyclic) bond motifs is 1. The van der Waals surface area contributed by atoms with Gasteiger partial charge in [-0.3, -0.25) is 9.59 Å². The Bertz CT molecular complexity index is 732. The lowest BCUT2D eigenvalue weighted by Crippen LogP contribution is -2.51. The molecule has 2 amide bonds. The van der Waals surface area contributed by atoms with Gasteiger partial charge in [-0.25, -0.2) is 0 Å². The molecule has 6 heteroatoms. The van der Waals surface area contributed by atoms with Crippen LogP contribution in [0.5, 0.6) is 5.75 Å². The molecule has 2 aromatic rings. The molecule has 1 saturated heterocycles. The second-order valence-electron chi connectivity index (χ2n) is 5.11. The molecular formula is C16H15BrN2O3. The van der Waals surface area contributed by atoms with Gasteiger partial charge in [0.05, 0.1) is 6.54 Å². The molecule has 5 nitrogen and oxygen atoms in total. The minimum Gasteiger partial charge on any atom is -0.484 e. The molecular weight excluding hydrogens is 348 g/mol. The lowest BCUT2D eigenvalue weighted by atomic mass is 10.1. The van der Waals surface area contributed by atoms with Gasteiger partial charge < -0.3 is 15.0 Å². The highest BCUT2D eigenvalue weighted by atomic mass is 79.9. The van der Waals surface area contributed by atoms with Gasteiger partial charge >= 0.3 is 0 Å². The number of rotatable bonds is 3. The van der Waals surface area contributed by atoms with E-state index in [0.717, 1.165) is 15.2 Å². The third kappa shape index (κ3) is 3.39. The second-order valence-corrected chi connectivity index (χ2v) is 6.02. The van der Waals surface area contributed by atoms with Crippen LogP contribution in [0.15, 0.2) is 40.9 Å². The van der Waals surface area contributed by atoms with E-state index in [1.165, 1.54) is 4.90 Å². The van der Waals surface area contributed by atoms with Crippen molar-refractivity contribution in [2.24, 2.45) is 0 Å². The largest absolute Gasteiger partial charge is 0.484 e. The monoisotopic (exact) mass is 362 g/mol. The van der Waals surface area contributed by atoms with Gasteiger partial charge in [0.2, 0.25) is 5.91 Å². The van der Waals surface area contributed by atoms with Crippen molar-refractivity contribution in [3.05, 3.63) is 40.9 Å². The molecule has 1 aliphatic heterocycles. The third-order valence-corrected chi connectivity index (χ3v) is 4.02. The van der Waals surface area contributed by atoms with Crippen molar-refractivity contribution < 1.29 is 14.3 Å². The highest BCUT2D eigenvalue weighted by molar-refractivity contribution is 9.10. The second kappa shape index (κ2) is 6.36. The Labute approximate surface area is 136 Å². The van der Waals surface area contributed by atoms with E-state index < -0.39 is 0 Å². The van der Waals surface area contributed by atoms with Crippen LogP contribution in [0.25, 0.3) is 10.8 Å². The van der Waals surface area contributed by atoms with Crippen molar-refractivity contribution in [3.63, 3.8) is 0 Å². The average Bonchev–Trinajstić information content (AvgIpc) is 2.52. The number of nitrogens with one attached hydrogen (secondary N) is 1. The summed E-state index contributed by atoms with van der Waals surface area (Å²) in [5.74, 6) is 0.339. The molecule has 0 unspecified atom stereocenters. The van der Waals surface area contributed by atoms with Gasteiger partial charge in [0.15, 0.2) is 6.61 Å². The van der Waals surface area contributed by atoms with Crippen LogP contribution < -0.4 is 10.1 Å². The molecule has 1 aliphatic rings. The maximum atomic E-state index is 12.0. The molecule has 22 heavy (non-hydrogen) atoms. The number of hydrogen-bond acceptors (Lipinski definition) is 3. The number of benzene rings is 2. The summed E-state index contributed by atoms with van der Waals surface area (Å²) >= 11 is 3.44. The molecule has 0 atom stereocenters. The number of carbonyl (C=O) groups is 2. The van der Waals surface area contributed by atoms with Gasteiger partial charge in [0.25, 0.3) is 5.91 Å². The van der Waals surface area contributed by atoms with Gasteiger partial charge in [0.1, 0.15) is 5.75 Å². The molecule has 0 spiro atoms. The van der Waals surface area contributed by atoms with Crippen LogP contribution >= 0.6 is 15.9 Å². The van der Waals surface area contributed by atoms with Crippen molar-refractivity contribution in [1.29, 1.82) is 0 Å². The van der Waals surface area contributed by atoms with E-state index in [0.29, 0.717) is 18.8 Å². The quantitative estimate of drug-likeness (QED) is 0.907. The molecule has 0 bridgehead atoms. The highest BCUT2D eigenvalue weighted by Gasteiger charge is 2.21. The first-order valence-electron chi connectivity index (χ1n) is 6.98. The molecule has 3 rings (SSSR count). The summed E-state index contributed by atoms with van der Waals surface area (Å²) in [5, 5.41) is 4.83. The van der Waals surface area contributed by atoms with Crippen LogP contribution in [-0.2, 0) is 9.59 Å². The maximum Gasteiger partial charge on any atom is 0.261 e. The Balaban J connectivity index is 1.64. The minimum atomic E-state index is -0.175. The van der Waals surface area contributed by atoms with Gasteiger partial charge in [-0.05, 0) is 35.0 Å². The summed E-state index contributed by atoms with van der Waals surface area (Å²) in [7, 11) is 0. The Morgan fingerprint density at radius 1 is 1.23 bits per heavy atom. The molecule has 0 saturated carbocycles. The predicted octanol–water partition coefficient (Wildman–Crippen LogP) is 1.94. The van der Waals surface area contributed by atoms with Crippen LogP contribution in [0.4, 0.5) is 0 Å². The smallest absolute Gasteiger partial charge is 0.261 e. The van der Waals surface area contributed by atoms with Crippen LogP contribution in [0.3, 0.4) is 0 Å². The zero-order chi connectivity index (χ0) is 15.5. The highest BCUT2D eigenvalue weighted by Crippen LogP contribution is 2.24. The molecule has 0 aromatic heterocycles. The maximum absolute atomic E-state index is 12.0. The summed E-state index contributed by atoms with van der Waals surface area (Å²) in [5.41, 5.74) is 0. The zero-order valence-corrected chi connectivity index (χ0v) is 13.4. The molecule has 0 radical (unpaired) electrons. The fourth-order valence-corrected chi connectivity index (χ4v) is 2.75. The predicted molar refractivity (Wildman–Crippen MR) is 86.7 cm³/mol. The SMILES string of the molecule is O=C1CN(C(=O)COc2ccc3cc(Br)ccc3c2)CCN1. The molecule has 1 heterocycles. The summed E-state index contributed by atoms with van der Waals surface area (Å²) < 4.78 is 6.58. The van der Waals surface area contributed by atoms with Crippen molar-refractivity contribution in [3.8, 4) is 5.75 Å². The molecule has 2 aromatic carbocycles. The number of ether oxygens (including phenoxy) is 1. The minimum absolute atomic E-state index is 0.0602. The lowest BCUT2D eigenvalue weighted by Gasteiger charge is -2.26. The Kier molecular flexibility index (Phi) is 4.29. The fraction of sp³-hybridized carbons (Fsp3) is 0.250. The number of amides is 2.